The van der Waals surface area contributed by atoms with E-state index in [1.54, 1.807) is 0 Å². The molecule has 1 spiro atoms. The molecule has 0 atom stereocenters. The molecule has 0 unspecified atom stereocenters. The summed E-state index contributed by atoms with van der Waals surface area (Å²) in [4.78, 5) is 2.35. The van der Waals surface area contributed by atoms with E-state index in [-0.39, 0.29) is 0 Å². The van der Waals surface area contributed by atoms with Gasteiger partial charge in [0.05, 0.1) is 16.8 Å². The average molecular weight is 565 g/mol. The molecular formula is C41H28N2O. The van der Waals surface area contributed by atoms with Crippen molar-refractivity contribution >= 4 is 39.2 Å². The Kier molecular flexibility index (Phi) is 5.41. The van der Waals surface area contributed by atoms with Crippen molar-refractivity contribution < 1.29 is 4.74 Å². The predicted molar refractivity (Wildman–Crippen MR) is 180 cm³/mol. The Hall–Kier alpha value is -5.80. The van der Waals surface area contributed by atoms with Gasteiger partial charge in [0.2, 0.25) is 0 Å². The highest BCUT2D eigenvalue weighted by atomic mass is 16.5. The summed E-state index contributed by atoms with van der Waals surface area (Å²) in [6.45, 7) is 0. The molecule has 3 nitrogen and oxygen atoms in total. The minimum Gasteiger partial charge on any atom is -0.454 e. The molecule has 208 valence electrons. The smallest absolute Gasteiger partial charge is 0.156 e. The number of rotatable bonds is 3. The van der Waals surface area contributed by atoms with Gasteiger partial charge < -0.3 is 15.0 Å². The van der Waals surface area contributed by atoms with E-state index >= 15 is 0 Å². The van der Waals surface area contributed by atoms with Crippen molar-refractivity contribution in [3.05, 3.63) is 186 Å². The van der Waals surface area contributed by atoms with Crippen LogP contribution in [0.4, 0.5) is 28.4 Å². The first-order valence-electron chi connectivity index (χ1n) is 15.0. The van der Waals surface area contributed by atoms with E-state index < -0.39 is 5.41 Å². The number of para-hydroxylation sites is 5. The van der Waals surface area contributed by atoms with Gasteiger partial charge in [-0.25, -0.2) is 0 Å². The highest BCUT2D eigenvalue weighted by Gasteiger charge is 2.50. The number of anilines is 5. The number of nitrogens with zero attached hydrogens (tertiary/aromatic N) is 1. The van der Waals surface area contributed by atoms with E-state index in [0.29, 0.717) is 0 Å². The van der Waals surface area contributed by atoms with Crippen LogP contribution in [-0.4, -0.2) is 0 Å². The molecule has 0 aliphatic carbocycles. The van der Waals surface area contributed by atoms with Gasteiger partial charge in [0.25, 0.3) is 0 Å². The van der Waals surface area contributed by atoms with Crippen molar-refractivity contribution in [2.45, 2.75) is 5.41 Å². The van der Waals surface area contributed by atoms with Gasteiger partial charge in [-0.2, -0.15) is 0 Å². The van der Waals surface area contributed by atoms with Gasteiger partial charge in [-0.05, 0) is 59.0 Å². The molecule has 0 amide bonds. The molecule has 0 saturated carbocycles. The summed E-state index contributed by atoms with van der Waals surface area (Å²) in [5.41, 5.74) is 9.48. The molecule has 0 aromatic heterocycles. The van der Waals surface area contributed by atoms with Crippen LogP contribution in [0.1, 0.15) is 22.3 Å². The third kappa shape index (κ3) is 3.44. The lowest BCUT2D eigenvalue weighted by Gasteiger charge is -2.46. The molecular weight excluding hydrogens is 536 g/mol. The standard InChI is InChI=1S/C41H28N2O/c1-2-16-29(17-3-1)43(37-25-12-15-28-14-4-5-18-30(28)37)38-26-13-22-34-40(38)44-39-27-11-8-21-33(39)41(34)31-19-6-9-23-35(31)42-36-24-10-7-20-32(36)41/h1-27,42H. The highest BCUT2D eigenvalue weighted by molar-refractivity contribution is 6.00. The largest absolute Gasteiger partial charge is 0.454 e. The van der Waals surface area contributed by atoms with E-state index in [1.807, 2.05) is 0 Å². The lowest BCUT2D eigenvalue weighted by Crippen LogP contribution is -2.37. The number of hydrogen-bond acceptors (Lipinski definition) is 3. The third-order valence-electron chi connectivity index (χ3n) is 9.10. The van der Waals surface area contributed by atoms with Gasteiger partial charge in [0, 0.05) is 33.6 Å². The number of nitrogens with one attached hydrogen (secondary N) is 1. The Morgan fingerprint density at radius 2 is 1.02 bits per heavy atom. The third-order valence-corrected chi connectivity index (χ3v) is 9.10. The Labute approximate surface area is 256 Å². The van der Waals surface area contributed by atoms with Crippen LogP contribution in [0.3, 0.4) is 0 Å². The van der Waals surface area contributed by atoms with Gasteiger partial charge in [-0.3, -0.25) is 0 Å². The second kappa shape index (κ2) is 9.62. The maximum Gasteiger partial charge on any atom is 0.156 e. The number of benzene rings is 7. The quantitative estimate of drug-likeness (QED) is 0.231. The summed E-state index contributed by atoms with van der Waals surface area (Å²) < 4.78 is 7.04. The molecule has 0 saturated heterocycles. The zero-order chi connectivity index (χ0) is 29.1. The van der Waals surface area contributed by atoms with Gasteiger partial charge in [0.15, 0.2) is 5.75 Å². The van der Waals surface area contributed by atoms with Crippen molar-refractivity contribution in [1.82, 2.24) is 0 Å². The minimum absolute atomic E-state index is 0.584. The van der Waals surface area contributed by atoms with Gasteiger partial charge >= 0.3 is 0 Å². The summed E-state index contributed by atoms with van der Waals surface area (Å²) in [5, 5.41) is 6.11. The zero-order valence-corrected chi connectivity index (χ0v) is 23.9. The fourth-order valence-electron chi connectivity index (χ4n) is 7.32. The van der Waals surface area contributed by atoms with Gasteiger partial charge in [0.1, 0.15) is 5.75 Å². The van der Waals surface area contributed by atoms with E-state index in [9.17, 15) is 0 Å². The number of ether oxygens (including phenoxy) is 1. The highest BCUT2D eigenvalue weighted by Crippen LogP contribution is 2.62. The van der Waals surface area contributed by atoms with Crippen molar-refractivity contribution in [3.8, 4) is 11.5 Å². The molecule has 2 aliphatic heterocycles. The topological polar surface area (TPSA) is 24.5 Å². The minimum atomic E-state index is -0.584. The molecule has 2 heterocycles. The van der Waals surface area contributed by atoms with Crippen LogP contribution in [0.15, 0.2) is 164 Å². The Balaban J connectivity index is 1.41. The zero-order valence-electron chi connectivity index (χ0n) is 23.9. The summed E-state index contributed by atoms with van der Waals surface area (Å²) >= 11 is 0. The van der Waals surface area contributed by atoms with Crippen molar-refractivity contribution in [2.75, 3.05) is 10.2 Å². The monoisotopic (exact) mass is 564 g/mol. The van der Waals surface area contributed by atoms with Crippen molar-refractivity contribution in [3.63, 3.8) is 0 Å². The maximum atomic E-state index is 7.04. The van der Waals surface area contributed by atoms with Gasteiger partial charge in [-0.15, -0.1) is 0 Å². The number of fused-ring (bicyclic) bond motifs is 9. The van der Waals surface area contributed by atoms with E-state index in [1.165, 1.54) is 21.9 Å². The van der Waals surface area contributed by atoms with Crippen LogP contribution in [0.2, 0.25) is 0 Å². The lowest BCUT2D eigenvalue weighted by atomic mass is 9.61. The molecule has 3 heteroatoms. The normalized spacial score (nSPS) is 13.5. The second-order valence-electron chi connectivity index (χ2n) is 11.4. The molecule has 44 heavy (non-hydrogen) atoms. The van der Waals surface area contributed by atoms with Gasteiger partial charge in [-0.1, -0.05) is 121 Å². The van der Waals surface area contributed by atoms with Crippen LogP contribution in [0.25, 0.3) is 10.8 Å². The Bertz CT molecular complexity index is 2130. The Morgan fingerprint density at radius 1 is 0.455 bits per heavy atom. The first-order valence-corrected chi connectivity index (χ1v) is 15.0. The summed E-state index contributed by atoms with van der Waals surface area (Å²) in [7, 11) is 0. The molecule has 7 aromatic carbocycles. The fourth-order valence-corrected chi connectivity index (χ4v) is 7.32. The first-order chi connectivity index (χ1) is 21.8. The molecule has 7 aromatic rings. The van der Waals surface area contributed by atoms with E-state index in [4.69, 9.17) is 4.74 Å². The number of hydrogen-bond donors (Lipinski definition) is 1. The summed E-state index contributed by atoms with van der Waals surface area (Å²) in [6.07, 6.45) is 0. The second-order valence-corrected chi connectivity index (χ2v) is 11.4. The van der Waals surface area contributed by atoms with Crippen molar-refractivity contribution in [2.24, 2.45) is 0 Å². The molecule has 9 rings (SSSR count). The molecule has 0 fully saturated rings. The first kappa shape index (κ1) is 24.8. The lowest BCUT2D eigenvalue weighted by molar-refractivity contribution is 0.435. The maximum absolute atomic E-state index is 7.04. The molecule has 0 bridgehead atoms. The van der Waals surface area contributed by atoms with E-state index in [0.717, 1.165) is 51.1 Å². The van der Waals surface area contributed by atoms with Crippen molar-refractivity contribution in [1.29, 1.82) is 0 Å². The van der Waals surface area contributed by atoms with Crippen LogP contribution in [0, 0.1) is 0 Å². The molecule has 1 N–H and O–H groups in total. The average Bonchev–Trinajstić information content (AvgIpc) is 3.09. The van der Waals surface area contributed by atoms with Crippen LogP contribution < -0.4 is 15.0 Å². The summed E-state index contributed by atoms with van der Waals surface area (Å²) in [6, 6.07) is 58.2. The van der Waals surface area contributed by atoms with Crippen LogP contribution in [0.5, 0.6) is 11.5 Å². The fraction of sp³-hybridized carbons (Fsp3) is 0.0244. The predicted octanol–water partition coefficient (Wildman–Crippen LogP) is 10.9. The van der Waals surface area contributed by atoms with E-state index in [2.05, 4.69) is 174 Å². The Morgan fingerprint density at radius 3 is 1.82 bits per heavy atom. The molecule has 0 radical (unpaired) electrons. The molecule has 2 aliphatic rings. The van der Waals surface area contributed by atoms with Crippen LogP contribution >= 0.6 is 0 Å². The van der Waals surface area contributed by atoms with Crippen LogP contribution in [-0.2, 0) is 5.41 Å². The SMILES string of the molecule is c1ccc(N(c2cccc3c2Oc2ccccc2C32c3ccccc3Nc3ccccc32)c2cccc3ccccc23)cc1. The summed E-state index contributed by atoms with van der Waals surface area (Å²) in [5.74, 6) is 1.72.